The molecule has 0 fully saturated rings. The van der Waals surface area contributed by atoms with Gasteiger partial charge in [0.25, 0.3) is 0 Å². The lowest BCUT2D eigenvalue weighted by molar-refractivity contribution is 0.364. The number of hydrogen-bond acceptors (Lipinski definition) is 7. The molecular formula is C17H22N4O2S. The molecule has 0 aliphatic carbocycles. The Morgan fingerprint density at radius 2 is 1.75 bits per heavy atom. The van der Waals surface area contributed by atoms with Crippen LogP contribution in [0, 0.1) is 5.92 Å². The molecule has 0 N–H and O–H groups in total. The second-order valence-corrected chi connectivity index (χ2v) is 6.26. The first-order chi connectivity index (χ1) is 11.6. The fourth-order valence-corrected chi connectivity index (χ4v) is 2.50. The van der Waals surface area contributed by atoms with E-state index >= 15 is 0 Å². The fourth-order valence-electron chi connectivity index (χ4n) is 1.74. The summed E-state index contributed by atoms with van der Waals surface area (Å²) < 4.78 is 12.2. The van der Waals surface area contributed by atoms with Crippen LogP contribution in [0.5, 0.6) is 11.8 Å². The van der Waals surface area contributed by atoms with E-state index in [-0.39, 0.29) is 0 Å². The van der Waals surface area contributed by atoms with Crippen LogP contribution in [-0.2, 0) is 0 Å². The molecule has 0 spiro atoms. The van der Waals surface area contributed by atoms with Gasteiger partial charge in [-0.15, -0.1) is 0 Å². The van der Waals surface area contributed by atoms with Crippen LogP contribution >= 0.6 is 11.9 Å². The van der Waals surface area contributed by atoms with E-state index in [9.17, 15) is 0 Å². The van der Waals surface area contributed by atoms with E-state index in [0.29, 0.717) is 22.8 Å². The summed E-state index contributed by atoms with van der Waals surface area (Å²) in [6.07, 6.45) is 2.80. The zero-order valence-corrected chi connectivity index (χ0v) is 15.2. The molecule has 1 heterocycles. The van der Waals surface area contributed by atoms with E-state index in [1.54, 1.807) is 24.7 Å². The molecule has 0 amide bonds. The molecule has 0 bridgehead atoms. The van der Waals surface area contributed by atoms with Crippen molar-refractivity contribution in [2.75, 3.05) is 18.6 Å². The van der Waals surface area contributed by atoms with Crippen molar-refractivity contribution in [3.05, 3.63) is 36.4 Å². The Morgan fingerprint density at radius 3 is 2.29 bits per heavy atom. The number of anilines is 1. The minimum Gasteiger partial charge on any atom is -0.481 e. The molecule has 1 aromatic carbocycles. The molecule has 7 heteroatoms. The largest absolute Gasteiger partial charge is 0.481 e. The summed E-state index contributed by atoms with van der Waals surface area (Å²) in [6, 6.07) is 11.5. The van der Waals surface area contributed by atoms with Gasteiger partial charge in [0.15, 0.2) is 0 Å². The van der Waals surface area contributed by atoms with Gasteiger partial charge in [-0.1, -0.05) is 32.0 Å². The van der Waals surface area contributed by atoms with Gasteiger partial charge in [0.1, 0.15) is 0 Å². The van der Waals surface area contributed by atoms with Crippen molar-refractivity contribution in [3.63, 3.8) is 0 Å². The number of para-hydroxylation sites is 1. The molecule has 0 saturated carbocycles. The molecule has 0 radical (unpaired) electrons. The lowest BCUT2D eigenvalue weighted by atomic mass is 10.2. The predicted molar refractivity (Wildman–Crippen MR) is 97.9 cm³/mol. The molecule has 0 aliphatic heterocycles. The number of methoxy groups -OCH3 is 2. The van der Waals surface area contributed by atoms with Crippen LogP contribution in [0.1, 0.15) is 20.3 Å². The van der Waals surface area contributed by atoms with Crippen LogP contribution in [0.3, 0.4) is 0 Å². The maximum absolute atomic E-state index is 5.20. The topological polar surface area (TPSA) is 59.8 Å². The molecule has 1 aromatic heterocycles. The summed E-state index contributed by atoms with van der Waals surface area (Å²) in [7, 11) is 3.12. The van der Waals surface area contributed by atoms with E-state index in [0.717, 1.165) is 12.1 Å². The molecule has 0 aliphatic rings. The van der Waals surface area contributed by atoms with Gasteiger partial charge >= 0.3 is 0 Å². The summed E-state index contributed by atoms with van der Waals surface area (Å²) in [4.78, 5) is 8.68. The van der Waals surface area contributed by atoms with E-state index in [1.807, 2.05) is 36.5 Å². The molecule has 2 aromatic rings. The van der Waals surface area contributed by atoms with Crippen molar-refractivity contribution >= 4 is 23.8 Å². The molecule has 0 atom stereocenters. The van der Waals surface area contributed by atoms with Gasteiger partial charge in [0.05, 0.1) is 37.9 Å². The minimum atomic E-state index is 0.448. The van der Waals surface area contributed by atoms with Gasteiger partial charge in [-0.3, -0.25) is 0 Å². The van der Waals surface area contributed by atoms with Crippen molar-refractivity contribution in [1.29, 1.82) is 0 Å². The van der Waals surface area contributed by atoms with Crippen LogP contribution in [0.2, 0.25) is 0 Å². The SMILES string of the molecule is COc1cc(OC)nc(SN(/N=C/CC(C)C)c2ccccc2)n1. The highest BCUT2D eigenvalue weighted by Gasteiger charge is 2.12. The molecule has 128 valence electrons. The number of aromatic nitrogens is 2. The third-order valence-corrected chi connectivity index (χ3v) is 3.81. The van der Waals surface area contributed by atoms with E-state index in [4.69, 9.17) is 9.47 Å². The Kier molecular flexibility index (Phi) is 6.87. The minimum absolute atomic E-state index is 0.448. The van der Waals surface area contributed by atoms with Crippen LogP contribution in [0.25, 0.3) is 0 Å². The molecular weight excluding hydrogens is 324 g/mol. The monoisotopic (exact) mass is 346 g/mol. The van der Waals surface area contributed by atoms with Crippen LogP contribution < -0.4 is 13.9 Å². The van der Waals surface area contributed by atoms with Gasteiger partial charge in [0.2, 0.25) is 16.9 Å². The summed E-state index contributed by atoms with van der Waals surface area (Å²) >= 11 is 1.31. The Bertz CT molecular complexity index is 643. The van der Waals surface area contributed by atoms with Gasteiger partial charge in [-0.25, -0.2) is 0 Å². The highest BCUT2D eigenvalue weighted by Crippen LogP contribution is 2.29. The number of nitrogens with zero attached hydrogens (tertiary/aromatic N) is 4. The molecule has 24 heavy (non-hydrogen) atoms. The molecule has 2 rings (SSSR count). The molecule has 0 saturated heterocycles. The zero-order valence-electron chi connectivity index (χ0n) is 14.3. The normalized spacial score (nSPS) is 11.0. The first kappa shape index (κ1) is 18.1. The number of rotatable bonds is 8. The van der Waals surface area contributed by atoms with E-state index in [1.165, 1.54) is 11.9 Å². The summed E-state index contributed by atoms with van der Waals surface area (Å²) in [5.74, 6) is 1.44. The average molecular weight is 346 g/mol. The Balaban J connectivity index is 2.26. The maximum Gasteiger partial charge on any atom is 0.220 e. The Hall–Kier alpha value is -2.28. The number of hydrogen-bond donors (Lipinski definition) is 0. The van der Waals surface area contributed by atoms with Crippen molar-refractivity contribution in [2.45, 2.75) is 25.4 Å². The lowest BCUT2D eigenvalue weighted by Gasteiger charge is -2.17. The van der Waals surface area contributed by atoms with Crippen LogP contribution in [-0.4, -0.2) is 30.4 Å². The van der Waals surface area contributed by atoms with E-state index < -0.39 is 0 Å². The van der Waals surface area contributed by atoms with Crippen LogP contribution in [0.4, 0.5) is 5.69 Å². The van der Waals surface area contributed by atoms with E-state index in [2.05, 4.69) is 28.9 Å². The van der Waals surface area contributed by atoms with Crippen molar-refractivity contribution in [2.24, 2.45) is 11.0 Å². The highest BCUT2D eigenvalue weighted by molar-refractivity contribution is 8.00. The quantitative estimate of drug-likeness (QED) is 0.311. The molecule has 0 unspecified atom stereocenters. The van der Waals surface area contributed by atoms with Gasteiger partial charge < -0.3 is 9.47 Å². The highest BCUT2D eigenvalue weighted by atomic mass is 32.2. The third-order valence-electron chi connectivity index (χ3n) is 2.99. The second kappa shape index (κ2) is 9.12. The average Bonchev–Trinajstić information content (AvgIpc) is 2.61. The zero-order chi connectivity index (χ0) is 17.4. The first-order valence-corrected chi connectivity index (χ1v) is 8.42. The van der Waals surface area contributed by atoms with Gasteiger partial charge in [-0.2, -0.15) is 19.5 Å². The lowest BCUT2D eigenvalue weighted by Crippen LogP contribution is -2.08. The van der Waals surface area contributed by atoms with Crippen LogP contribution in [0.15, 0.2) is 46.7 Å². The Labute approximate surface area is 147 Å². The first-order valence-electron chi connectivity index (χ1n) is 7.65. The fraction of sp³-hybridized carbons (Fsp3) is 0.353. The second-order valence-electron chi connectivity index (χ2n) is 5.36. The number of hydrazone groups is 1. The maximum atomic E-state index is 5.20. The molecule has 6 nitrogen and oxygen atoms in total. The summed E-state index contributed by atoms with van der Waals surface area (Å²) in [5, 5.41) is 5.05. The van der Waals surface area contributed by atoms with Gasteiger partial charge in [0, 0.05) is 6.21 Å². The number of benzene rings is 1. The summed E-state index contributed by atoms with van der Waals surface area (Å²) in [6.45, 7) is 4.31. The standard InChI is InChI=1S/C17H22N4O2S/c1-13(2)10-11-18-21(14-8-6-5-7-9-14)24-17-19-15(22-3)12-16(20-17)23-4/h5-9,11-13H,10H2,1-4H3/b18-11+. The smallest absolute Gasteiger partial charge is 0.220 e. The number of ether oxygens (including phenoxy) is 2. The Morgan fingerprint density at radius 1 is 1.12 bits per heavy atom. The predicted octanol–water partition coefficient (Wildman–Crippen LogP) is 4.04. The summed E-state index contributed by atoms with van der Waals surface area (Å²) in [5.41, 5.74) is 0.938. The van der Waals surface area contributed by atoms with Gasteiger partial charge in [-0.05, 0) is 24.5 Å². The third kappa shape index (κ3) is 5.42. The van der Waals surface area contributed by atoms with Crippen molar-refractivity contribution < 1.29 is 9.47 Å². The van der Waals surface area contributed by atoms with Crippen molar-refractivity contribution in [3.8, 4) is 11.8 Å². The van der Waals surface area contributed by atoms with Crippen molar-refractivity contribution in [1.82, 2.24) is 9.97 Å².